The number of benzene rings is 1. The average molecular weight is 279 g/mol. The highest BCUT2D eigenvalue weighted by atomic mass is 79.9. The topological polar surface area (TPSA) is 30.2 Å². The van der Waals surface area contributed by atoms with Crippen LogP contribution in [0.2, 0.25) is 0 Å². The summed E-state index contributed by atoms with van der Waals surface area (Å²) < 4.78 is 5.56. The van der Waals surface area contributed by atoms with E-state index in [2.05, 4.69) is 15.9 Å². The van der Waals surface area contributed by atoms with E-state index in [-0.39, 0.29) is 5.78 Å². The van der Waals surface area contributed by atoms with Gasteiger partial charge in [0.15, 0.2) is 10.5 Å². The zero-order valence-electron chi connectivity index (χ0n) is 8.87. The molecule has 0 atom stereocenters. The first kappa shape index (κ1) is 11.1. The van der Waals surface area contributed by atoms with E-state index in [0.717, 1.165) is 11.1 Å². The highest BCUT2D eigenvalue weighted by molar-refractivity contribution is 9.10. The van der Waals surface area contributed by atoms with Gasteiger partial charge in [0.1, 0.15) is 0 Å². The highest BCUT2D eigenvalue weighted by Crippen LogP contribution is 2.20. The summed E-state index contributed by atoms with van der Waals surface area (Å²) in [6, 6.07) is 9.58. The fourth-order valence-corrected chi connectivity index (χ4v) is 2.03. The fraction of sp³-hybridized carbons (Fsp3) is 0.154. The van der Waals surface area contributed by atoms with Crippen molar-refractivity contribution in [2.45, 2.75) is 13.3 Å². The Hall–Kier alpha value is -1.35. The van der Waals surface area contributed by atoms with E-state index in [1.165, 1.54) is 6.26 Å². The largest absolute Gasteiger partial charge is 0.457 e. The average Bonchev–Trinajstić information content (AvgIpc) is 2.68. The van der Waals surface area contributed by atoms with E-state index in [9.17, 15) is 4.79 Å². The van der Waals surface area contributed by atoms with Gasteiger partial charge < -0.3 is 4.42 Å². The summed E-state index contributed by atoms with van der Waals surface area (Å²) in [4.78, 5) is 12.0. The Kier molecular flexibility index (Phi) is 3.25. The van der Waals surface area contributed by atoms with Gasteiger partial charge >= 0.3 is 0 Å². The first-order chi connectivity index (χ1) is 7.68. The van der Waals surface area contributed by atoms with E-state index in [0.29, 0.717) is 16.7 Å². The molecule has 0 aliphatic rings. The van der Waals surface area contributed by atoms with Crippen LogP contribution in [0.3, 0.4) is 0 Å². The van der Waals surface area contributed by atoms with Crippen molar-refractivity contribution in [2.24, 2.45) is 0 Å². The van der Waals surface area contributed by atoms with Crippen molar-refractivity contribution in [1.29, 1.82) is 0 Å². The maximum atomic E-state index is 12.0. The molecule has 0 unspecified atom stereocenters. The molecular weight excluding hydrogens is 268 g/mol. The fourth-order valence-electron chi connectivity index (χ4n) is 1.57. The van der Waals surface area contributed by atoms with Gasteiger partial charge in [0.2, 0.25) is 0 Å². The predicted octanol–water partition coefficient (Wildman–Crippen LogP) is 3.78. The lowest BCUT2D eigenvalue weighted by molar-refractivity contribution is 0.0991. The molecule has 0 spiro atoms. The maximum absolute atomic E-state index is 12.0. The number of rotatable bonds is 3. The molecule has 1 aromatic carbocycles. The molecule has 0 amide bonds. The number of hydrogen-bond donors (Lipinski definition) is 0. The Bertz CT molecular complexity index is 514. The van der Waals surface area contributed by atoms with E-state index in [1.807, 2.05) is 31.2 Å². The first-order valence-corrected chi connectivity index (χ1v) is 5.78. The minimum Gasteiger partial charge on any atom is -0.457 e. The molecule has 0 bridgehead atoms. The maximum Gasteiger partial charge on any atom is 0.179 e. The van der Waals surface area contributed by atoms with Crippen molar-refractivity contribution in [3.05, 3.63) is 58.0 Å². The summed E-state index contributed by atoms with van der Waals surface area (Å²) in [7, 11) is 0. The smallest absolute Gasteiger partial charge is 0.179 e. The molecule has 0 fully saturated rings. The Morgan fingerprint density at radius 2 is 2.06 bits per heavy atom. The lowest BCUT2D eigenvalue weighted by Gasteiger charge is -2.03. The molecule has 16 heavy (non-hydrogen) atoms. The molecular formula is C13H11BrO2. The number of aryl methyl sites for hydroxylation is 1. The third-order valence-corrected chi connectivity index (χ3v) is 3.14. The summed E-state index contributed by atoms with van der Waals surface area (Å²) in [5.74, 6) is 0.0647. The zero-order chi connectivity index (χ0) is 11.5. The molecule has 2 aromatic rings. The van der Waals surface area contributed by atoms with E-state index in [1.54, 1.807) is 6.07 Å². The normalized spacial score (nSPS) is 10.4. The number of carbonyl (C=O) groups is 1. The Morgan fingerprint density at radius 1 is 1.31 bits per heavy atom. The van der Waals surface area contributed by atoms with Gasteiger partial charge in [-0.2, -0.15) is 0 Å². The van der Waals surface area contributed by atoms with Crippen LogP contribution >= 0.6 is 15.9 Å². The third-order valence-electron chi connectivity index (χ3n) is 2.53. The van der Waals surface area contributed by atoms with Gasteiger partial charge in [0, 0.05) is 6.42 Å². The molecule has 3 heteroatoms. The molecule has 2 rings (SSSR count). The summed E-state index contributed by atoms with van der Waals surface area (Å²) in [5.41, 5.74) is 2.79. The second-order valence-corrected chi connectivity index (χ2v) is 4.35. The van der Waals surface area contributed by atoms with Crippen LogP contribution in [0.1, 0.15) is 21.5 Å². The van der Waals surface area contributed by atoms with Gasteiger partial charge in [-0.05, 0) is 40.0 Å². The number of hydrogen-bond acceptors (Lipinski definition) is 2. The molecule has 1 aromatic heterocycles. The van der Waals surface area contributed by atoms with Crippen molar-refractivity contribution in [1.82, 2.24) is 0 Å². The number of halogens is 1. The van der Waals surface area contributed by atoms with Crippen molar-refractivity contribution in [3.8, 4) is 0 Å². The van der Waals surface area contributed by atoms with Crippen LogP contribution in [-0.4, -0.2) is 5.78 Å². The minimum absolute atomic E-state index is 0.0647. The van der Waals surface area contributed by atoms with Gasteiger partial charge in [-0.1, -0.05) is 24.3 Å². The van der Waals surface area contributed by atoms with Crippen LogP contribution in [-0.2, 0) is 6.42 Å². The first-order valence-electron chi connectivity index (χ1n) is 4.99. The van der Waals surface area contributed by atoms with E-state index >= 15 is 0 Å². The van der Waals surface area contributed by atoms with Crippen LogP contribution in [0.5, 0.6) is 0 Å². The van der Waals surface area contributed by atoms with Crippen molar-refractivity contribution in [2.75, 3.05) is 0 Å². The number of carbonyl (C=O) groups excluding carboxylic acids is 1. The third kappa shape index (κ3) is 2.25. The monoisotopic (exact) mass is 278 g/mol. The van der Waals surface area contributed by atoms with E-state index < -0.39 is 0 Å². The molecule has 0 aliphatic heterocycles. The SMILES string of the molecule is Cc1ccccc1CC(=O)c1ccoc1Br. The molecule has 2 nitrogen and oxygen atoms in total. The Labute approximate surface area is 102 Å². The van der Waals surface area contributed by atoms with Crippen molar-refractivity contribution >= 4 is 21.7 Å². The summed E-state index contributed by atoms with van der Waals surface area (Å²) in [6.07, 6.45) is 1.92. The quantitative estimate of drug-likeness (QED) is 0.800. The molecule has 0 N–H and O–H groups in total. The van der Waals surface area contributed by atoms with E-state index in [4.69, 9.17) is 4.42 Å². The molecule has 0 radical (unpaired) electrons. The zero-order valence-corrected chi connectivity index (χ0v) is 10.5. The second-order valence-electron chi connectivity index (χ2n) is 3.63. The van der Waals surface area contributed by atoms with Crippen LogP contribution in [0.4, 0.5) is 0 Å². The number of ketones is 1. The number of furan rings is 1. The minimum atomic E-state index is 0.0647. The molecule has 0 saturated heterocycles. The summed E-state index contributed by atoms with van der Waals surface area (Å²) in [5, 5.41) is 0. The van der Waals surface area contributed by atoms with Gasteiger partial charge in [0.25, 0.3) is 0 Å². The molecule has 0 saturated carbocycles. The van der Waals surface area contributed by atoms with Crippen LogP contribution in [0.25, 0.3) is 0 Å². The standard InChI is InChI=1S/C13H11BrO2/c1-9-4-2-3-5-10(9)8-12(15)11-6-7-16-13(11)14/h2-7H,8H2,1H3. The predicted molar refractivity (Wildman–Crippen MR) is 65.6 cm³/mol. The lowest BCUT2D eigenvalue weighted by Crippen LogP contribution is -2.04. The van der Waals surface area contributed by atoms with Gasteiger partial charge in [0.05, 0.1) is 11.8 Å². The summed E-state index contributed by atoms with van der Waals surface area (Å²) in [6.45, 7) is 2.01. The van der Waals surface area contributed by atoms with Crippen LogP contribution in [0, 0.1) is 6.92 Å². The highest BCUT2D eigenvalue weighted by Gasteiger charge is 2.13. The lowest BCUT2D eigenvalue weighted by atomic mass is 10.0. The van der Waals surface area contributed by atoms with Crippen LogP contribution in [0.15, 0.2) is 45.7 Å². The van der Waals surface area contributed by atoms with Gasteiger partial charge in [-0.15, -0.1) is 0 Å². The second kappa shape index (κ2) is 4.66. The van der Waals surface area contributed by atoms with Crippen LogP contribution < -0.4 is 0 Å². The Balaban J connectivity index is 2.21. The molecule has 0 aliphatic carbocycles. The molecule has 1 heterocycles. The van der Waals surface area contributed by atoms with Gasteiger partial charge in [-0.3, -0.25) is 4.79 Å². The molecule has 82 valence electrons. The van der Waals surface area contributed by atoms with Crippen molar-refractivity contribution < 1.29 is 9.21 Å². The van der Waals surface area contributed by atoms with Crippen molar-refractivity contribution in [3.63, 3.8) is 0 Å². The number of Topliss-reactive ketones (excluding diaryl/α,β-unsaturated/α-hetero) is 1. The Morgan fingerprint density at radius 3 is 2.69 bits per heavy atom. The summed E-state index contributed by atoms with van der Waals surface area (Å²) >= 11 is 3.21. The van der Waals surface area contributed by atoms with Gasteiger partial charge in [-0.25, -0.2) is 0 Å².